The van der Waals surface area contributed by atoms with Crippen molar-refractivity contribution in [1.82, 2.24) is 19.7 Å². The van der Waals surface area contributed by atoms with Crippen molar-refractivity contribution in [2.45, 2.75) is 45.1 Å². The molecule has 1 saturated heterocycles. The monoisotopic (exact) mass is 368 g/mol. The minimum atomic E-state index is -0.352. The van der Waals surface area contributed by atoms with Crippen molar-refractivity contribution >= 4 is 5.91 Å². The molecule has 3 heterocycles. The van der Waals surface area contributed by atoms with E-state index in [2.05, 4.69) is 10.1 Å². The fourth-order valence-electron chi connectivity index (χ4n) is 4.06. The third-order valence-electron chi connectivity index (χ3n) is 5.66. The number of aromatic nitrogens is 3. The van der Waals surface area contributed by atoms with Crippen LogP contribution < -0.4 is 11.1 Å². The van der Waals surface area contributed by atoms with Gasteiger partial charge in [-0.2, -0.15) is 5.10 Å². The van der Waals surface area contributed by atoms with Crippen LogP contribution in [0.1, 0.15) is 47.3 Å². The highest BCUT2D eigenvalue weighted by Gasteiger charge is 2.26. The van der Waals surface area contributed by atoms with E-state index >= 15 is 0 Å². The smallest absolute Gasteiger partial charge is 0.267 e. The number of carbonyl (C=O) groups excluding carboxylic acids is 1. The predicted octanol–water partition coefficient (Wildman–Crippen LogP) is 1.36. The van der Waals surface area contributed by atoms with Crippen LogP contribution in [0.2, 0.25) is 0 Å². The van der Waals surface area contributed by atoms with Gasteiger partial charge in [-0.05, 0) is 62.1 Å². The molecule has 0 bridgehead atoms. The van der Waals surface area contributed by atoms with E-state index in [4.69, 9.17) is 0 Å². The summed E-state index contributed by atoms with van der Waals surface area (Å²) in [7, 11) is 0. The number of amides is 1. The molecule has 142 valence electrons. The Morgan fingerprint density at radius 1 is 1.19 bits per heavy atom. The van der Waals surface area contributed by atoms with Gasteiger partial charge in [0.15, 0.2) is 0 Å². The number of fused-ring (bicyclic) bond motifs is 1. The molecule has 0 atom stereocenters. The minimum absolute atomic E-state index is 0.0232. The zero-order valence-corrected chi connectivity index (χ0v) is 15.3. The second-order valence-electron chi connectivity index (χ2n) is 7.49. The van der Waals surface area contributed by atoms with Gasteiger partial charge >= 0.3 is 0 Å². The van der Waals surface area contributed by atoms with Crippen LogP contribution in [0.3, 0.4) is 0 Å². The van der Waals surface area contributed by atoms with Gasteiger partial charge < -0.3 is 9.88 Å². The Labute approximate surface area is 157 Å². The predicted molar refractivity (Wildman–Crippen MR) is 101 cm³/mol. The molecular weight excluding hydrogens is 344 g/mol. The Morgan fingerprint density at radius 3 is 2.74 bits per heavy atom. The Bertz CT molecular complexity index is 954. The van der Waals surface area contributed by atoms with Gasteiger partial charge in [0.1, 0.15) is 5.56 Å². The fraction of sp³-hybridized carbons (Fsp3) is 0.500. The maximum absolute atomic E-state index is 12.5. The summed E-state index contributed by atoms with van der Waals surface area (Å²) >= 11 is 0. The van der Waals surface area contributed by atoms with E-state index in [-0.39, 0.29) is 22.6 Å². The molecule has 0 unspecified atom stereocenters. The van der Waals surface area contributed by atoms with E-state index in [9.17, 15) is 14.4 Å². The van der Waals surface area contributed by atoms with E-state index in [0.29, 0.717) is 25.6 Å². The molecule has 27 heavy (non-hydrogen) atoms. The topological polar surface area (TPSA) is 88.1 Å². The Morgan fingerprint density at radius 2 is 1.96 bits per heavy atom. The third-order valence-corrected chi connectivity index (χ3v) is 5.66. The van der Waals surface area contributed by atoms with Gasteiger partial charge in [0, 0.05) is 31.9 Å². The number of H-pyrrole nitrogens is 1. The molecule has 2 aliphatic rings. The summed E-state index contributed by atoms with van der Waals surface area (Å²) in [5, 5.41) is 4.60. The van der Waals surface area contributed by atoms with Crippen molar-refractivity contribution in [2.75, 3.05) is 13.1 Å². The third kappa shape index (κ3) is 3.72. The highest BCUT2D eigenvalue weighted by Crippen LogP contribution is 2.21. The summed E-state index contributed by atoms with van der Waals surface area (Å²) in [6, 6.07) is 4.97. The molecular formula is C20H24N4O3. The zero-order chi connectivity index (χ0) is 18.8. The quantitative estimate of drug-likeness (QED) is 0.886. The molecule has 1 amide bonds. The lowest BCUT2D eigenvalue weighted by Crippen LogP contribution is -2.42. The number of hydrogen-bond acceptors (Lipinski definition) is 4. The molecule has 2 aromatic rings. The molecule has 2 aromatic heterocycles. The molecule has 1 fully saturated rings. The van der Waals surface area contributed by atoms with Gasteiger partial charge in [0.25, 0.3) is 17.0 Å². The van der Waals surface area contributed by atoms with E-state index < -0.39 is 0 Å². The molecule has 1 aliphatic carbocycles. The number of aromatic amines is 1. The van der Waals surface area contributed by atoms with Crippen LogP contribution in [0.4, 0.5) is 0 Å². The number of carbonyl (C=O) groups is 1. The normalized spacial score (nSPS) is 17.6. The number of aryl methyl sites for hydroxylation is 2. The highest BCUT2D eigenvalue weighted by atomic mass is 16.2. The highest BCUT2D eigenvalue weighted by molar-refractivity contribution is 5.93. The summed E-state index contributed by atoms with van der Waals surface area (Å²) in [5.74, 6) is 0.0920. The van der Waals surface area contributed by atoms with Gasteiger partial charge in [-0.3, -0.25) is 14.4 Å². The number of piperidine rings is 1. The first-order chi connectivity index (χ1) is 13.1. The summed E-state index contributed by atoms with van der Waals surface area (Å²) in [6.07, 6.45) is 7.32. The molecule has 0 aromatic carbocycles. The van der Waals surface area contributed by atoms with Gasteiger partial charge in [-0.25, -0.2) is 4.68 Å². The second kappa shape index (κ2) is 7.50. The van der Waals surface area contributed by atoms with Crippen molar-refractivity contribution in [3.63, 3.8) is 0 Å². The molecule has 4 rings (SSSR count). The first-order valence-corrected chi connectivity index (χ1v) is 9.69. The SMILES string of the molecule is O=C(c1ccc[nH]c1=O)N1CCC(Cn2nc3c(cc2=O)CCCC3)CC1. The van der Waals surface area contributed by atoms with Crippen molar-refractivity contribution in [2.24, 2.45) is 5.92 Å². The maximum Gasteiger partial charge on any atom is 0.267 e. The number of rotatable bonds is 3. The average Bonchev–Trinajstić information content (AvgIpc) is 2.69. The Balaban J connectivity index is 1.40. The Hall–Kier alpha value is -2.70. The lowest BCUT2D eigenvalue weighted by molar-refractivity contribution is 0.0678. The maximum atomic E-state index is 12.5. The first kappa shape index (κ1) is 17.7. The number of nitrogens with one attached hydrogen (secondary N) is 1. The van der Waals surface area contributed by atoms with E-state index in [0.717, 1.165) is 49.8 Å². The van der Waals surface area contributed by atoms with Crippen molar-refractivity contribution in [1.29, 1.82) is 0 Å². The molecule has 1 N–H and O–H groups in total. The van der Waals surface area contributed by atoms with Crippen molar-refractivity contribution in [3.8, 4) is 0 Å². The van der Waals surface area contributed by atoms with Crippen LogP contribution in [0.5, 0.6) is 0 Å². The van der Waals surface area contributed by atoms with Crippen LogP contribution >= 0.6 is 0 Å². The number of nitrogens with zero attached hydrogens (tertiary/aromatic N) is 3. The van der Waals surface area contributed by atoms with Crippen molar-refractivity contribution < 1.29 is 4.79 Å². The van der Waals surface area contributed by atoms with Gasteiger partial charge in [0.2, 0.25) is 0 Å². The second-order valence-corrected chi connectivity index (χ2v) is 7.49. The van der Waals surface area contributed by atoms with Crippen LogP contribution in [-0.2, 0) is 19.4 Å². The standard InChI is InChI=1S/C20H24N4O3/c25-18-12-15-4-1-2-6-17(15)22-24(18)13-14-7-10-23(11-8-14)20(27)16-5-3-9-21-19(16)26/h3,5,9,12,14H,1-2,4,6-8,10-11,13H2,(H,21,26). The summed E-state index contributed by atoms with van der Waals surface area (Å²) in [4.78, 5) is 41.0. The van der Waals surface area contributed by atoms with Gasteiger partial charge in [-0.15, -0.1) is 0 Å². The van der Waals surface area contributed by atoms with Gasteiger partial charge in [-0.1, -0.05) is 0 Å². The zero-order valence-electron chi connectivity index (χ0n) is 15.3. The summed E-state index contributed by atoms with van der Waals surface area (Å²) in [5.41, 5.74) is 1.98. The van der Waals surface area contributed by atoms with E-state index in [1.54, 1.807) is 27.8 Å². The number of hydrogen-bond donors (Lipinski definition) is 1. The van der Waals surface area contributed by atoms with Crippen LogP contribution in [-0.4, -0.2) is 38.7 Å². The minimum Gasteiger partial charge on any atom is -0.338 e. The Kier molecular flexibility index (Phi) is 4.92. The lowest BCUT2D eigenvalue weighted by atomic mass is 9.95. The molecule has 0 spiro atoms. The summed E-state index contributed by atoms with van der Waals surface area (Å²) in [6.45, 7) is 1.79. The molecule has 1 aliphatic heterocycles. The van der Waals surface area contributed by atoms with Crippen LogP contribution in [0, 0.1) is 5.92 Å². The van der Waals surface area contributed by atoms with E-state index in [1.807, 2.05) is 0 Å². The van der Waals surface area contributed by atoms with Crippen LogP contribution in [0.15, 0.2) is 34.0 Å². The number of likely N-dealkylation sites (tertiary alicyclic amines) is 1. The van der Waals surface area contributed by atoms with Crippen molar-refractivity contribution in [3.05, 3.63) is 61.9 Å². The van der Waals surface area contributed by atoms with Gasteiger partial charge in [0.05, 0.1) is 5.69 Å². The fourth-order valence-corrected chi connectivity index (χ4v) is 4.06. The van der Waals surface area contributed by atoms with E-state index in [1.165, 1.54) is 6.20 Å². The lowest BCUT2D eigenvalue weighted by Gasteiger charge is -2.32. The first-order valence-electron chi connectivity index (χ1n) is 9.69. The summed E-state index contributed by atoms with van der Waals surface area (Å²) < 4.78 is 1.61. The molecule has 0 saturated carbocycles. The van der Waals surface area contributed by atoms with Crippen LogP contribution in [0.25, 0.3) is 0 Å². The molecule has 7 nitrogen and oxygen atoms in total. The largest absolute Gasteiger partial charge is 0.338 e. The molecule has 7 heteroatoms. The number of pyridine rings is 1. The molecule has 0 radical (unpaired) electrons. The average molecular weight is 368 g/mol.